The highest BCUT2D eigenvalue weighted by molar-refractivity contribution is 6.39. The van der Waals surface area contributed by atoms with Crippen molar-refractivity contribution in [3.63, 3.8) is 0 Å². The number of carbonyl (C=O) groups is 5. The molecular weight excluding hydrogens is 266 g/mol. The van der Waals surface area contributed by atoms with Gasteiger partial charge in [-0.1, -0.05) is 19.0 Å². The van der Waals surface area contributed by atoms with Gasteiger partial charge in [0.05, 0.1) is 5.71 Å². The summed E-state index contributed by atoms with van der Waals surface area (Å²) in [4.78, 5) is 57.5. The van der Waals surface area contributed by atoms with Gasteiger partial charge >= 0.3 is 0 Å². The number of carbonyl (C=O) groups excluding carboxylic acids is 5. The van der Waals surface area contributed by atoms with Crippen LogP contribution in [0.3, 0.4) is 0 Å². The van der Waals surface area contributed by atoms with Gasteiger partial charge < -0.3 is 14.8 Å². The Kier molecular flexibility index (Phi) is 5.01. The molecule has 0 aromatic rings. The number of Topliss-reactive ketones (excluding diaryl/α,β-unsaturated/α-hetero) is 3. The Morgan fingerprint density at radius 1 is 1.10 bits per heavy atom. The van der Waals surface area contributed by atoms with Gasteiger partial charge in [0.2, 0.25) is 0 Å². The molecule has 1 aliphatic carbocycles. The van der Waals surface area contributed by atoms with E-state index in [0.717, 1.165) is 0 Å². The lowest BCUT2D eigenvalue weighted by molar-refractivity contribution is -0.149. The molecule has 1 rings (SSSR count). The molecule has 0 radical (unpaired) electrons. The minimum absolute atomic E-state index is 0.0107. The third-order valence-corrected chi connectivity index (χ3v) is 3.15. The van der Waals surface area contributed by atoms with Crippen LogP contribution < -0.4 is 0 Å². The average molecular weight is 281 g/mol. The topological polar surface area (TPSA) is 118 Å². The van der Waals surface area contributed by atoms with Crippen LogP contribution in [0.25, 0.3) is 0 Å². The second-order valence-electron chi connectivity index (χ2n) is 5.06. The van der Waals surface area contributed by atoms with Gasteiger partial charge in [0.25, 0.3) is 0 Å². The molecule has 2 atom stereocenters. The fourth-order valence-electron chi connectivity index (χ4n) is 2.20. The van der Waals surface area contributed by atoms with Gasteiger partial charge in [-0.2, -0.15) is 0 Å². The summed E-state index contributed by atoms with van der Waals surface area (Å²) in [6.07, 6.45) is 0.375. The maximum atomic E-state index is 12.0. The minimum atomic E-state index is -1.66. The molecular formula is C13H15NO6. The standard InChI is InChI=1S/C13H15NO6/c1-6(2)3-9(14-20)10-12(18)7(4-15)11(17)8(5-16)13(10)19/h4-8,10,20H,3H2,1-2H3/b14-9+. The van der Waals surface area contributed by atoms with E-state index in [1.807, 2.05) is 0 Å². The summed E-state index contributed by atoms with van der Waals surface area (Å²) >= 11 is 0. The average Bonchev–Trinajstić information content (AvgIpc) is 2.38. The van der Waals surface area contributed by atoms with Crippen molar-refractivity contribution < 1.29 is 29.2 Å². The van der Waals surface area contributed by atoms with E-state index in [0.29, 0.717) is 0 Å². The predicted octanol–water partition coefficient (Wildman–Crippen LogP) is -0.170. The van der Waals surface area contributed by atoms with Crippen LogP contribution in [0.1, 0.15) is 20.3 Å². The van der Waals surface area contributed by atoms with Crippen LogP contribution in [0.5, 0.6) is 0 Å². The Morgan fingerprint density at radius 3 is 1.85 bits per heavy atom. The van der Waals surface area contributed by atoms with Crippen molar-refractivity contribution >= 4 is 35.6 Å². The van der Waals surface area contributed by atoms with Crippen molar-refractivity contribution in [2.45, 2.75) is 20.3 Å². The number of nitrogens with zero attached hydrogens (tertiary/aromatic N) is 1. The predicted molar refractivity (Wildman–Crippen MR) is 66.3 cm³/mol. The Balaban J connectivity index is 3.25. The van der Waals surface area contributed by atoms with Crippen LogP contribution in [-0.4, -0.2) is 40.8 Å². The molecule has 0 saturated heterocycles. The zero-order valence-corrected chi connectivity index (χ0v) is 11.1. The first-order valence-electron chi connectivity index (χ1n) is 6.11. The van der Waals surface area contributed by atoms with Crippen molar-refractivity contribution in [2.24, 2.45) is 28.8 Å². The monoisotopic (exact) mass is 281 g/mol. The summed E-state index contributed by atoms with van der Waals surface area (Å²) < 4.78 is 0. The largest absolute Gasteiger partial charge is 0.411 e. The van der Waals surface area contributed by atoms with Gasteiger partial charge in [-0.25, -0.2) is 0 Å². The highest BCUT2D eigenvalue weighted by Crippen LogP contribution is 2.26. The molecule has 0 spiro atoms. The van der Waals surface area contributed by atoms with E-state index < -0.39 is 35.1 Å². The zero-order valence-electron chi connectivity index (χ0n) is 11.1. The van der Waals surface area contributed by atoms with Crippen molar-refractivity contribution in [2.75, 3.05) is 0 Å². The summed E-state index contributed by atoms with van der Waals surface area (Å²) in [6, 6.07) is 0. The minimum Gasteiger partial charge on any atom is -0.411 e. The lowest BCUT2D eigenvalue weighted by Gasteiger charge is -2.27. The van der Waals surface area contributed by atoms with Gasteiger partial charge in [-0.15, -0.1) is 0 Å². The summed E-state index contributed by atoms with van der Waals surface area (Å²) in [7, 11) is 0. The van der Waals surface area contributed by atoms with Gasteiger partial charge in [0, 0.05) is 0 Å². The molecule has 0 heterocycles. The van der Waals surface area contributed by atoms with E-state index in [1.165, 1.54) is 0 Å². The first kappa shape index (κ1) is 15.9. The maximum absolute atomic E-state index is 12.0. The highest BCUT2D eigenvalue weighted by atomic mass is 16.4. The molecule has 2 unspecified atom stereocenters. The first-order chi connectivity index (χ1) is 9.38. The quantitative estimate of drug-likeness (QED) is 0.246. The maximum Gasteiger partial charge on any atom is 0.168 e. The SMILES string of the molecule is CC(C)C/C(=N\O)C1C(=O)C(C=O)C(=O)C(C=O)C1=O. The summed E-state index contributed by atoms with van der Waals surface area (Å²) in [5.74, 6) is -7.70. The Morgan fingerprint density at radius 2 is 1.55 bits per heavy atom. The van der Waals surface area contributed by atoms with Gasteiger partial charge in [0.15, 0.2) is 17.3 Å². The molecule has 108 valence electrons. The molecule has 0 bridgehead atoms. The number of rotatable bonds is 5. The second kappa shape index (κ2) is 6.31. The van der Waals surface area contributed by atoms with Crippen LogP contribution in [-0.2, 0) is 24.0 Å². The van der Waals surface area contributed by atoms with Crippen LogP contribution in [0, 0.1) is 23.7 Å². The van der Waals surface area contributed by atoms with Crippen LogP contribution in [0.4, 0.5) is 0 Å². The van der Waals surface area contributed by atoms with Crippen LogP contribution in [0.2, 0.25) is 0 Å². The third kappa shape index (κ3) is 2.71. The Hall–Kier alpha value is -2.18. The normalized spacial score (nSPS) is 27.9. The fourth-order valence-corrected chi connectivity index (χ4v) is 2.20. The lowest BCUT2D eigenvalue weighted by atomic mass is 9.70. The molecule has 20 heavy (non-hydrogen) atoms. The first-order valence-corrected chi connectivity index (χ1v) is 6.11. The number of hydrogen-bond donors (Lipinski definition) is 1. The summed E-state index contributed by atoms with van der Waals surface area (Å²) in [5.41, 5.74) is -0.124. The third-order valence-electron chi connectivity index (χ3n) is 3.15. The van der Waals surface area contributed by atoms with Crippen LogP contribution >= 0.6 is 0 Å². The van der Waals surface area contributed by atoms with E-state index in [4.69, 9.17) is 5.21 Å². The molecule has 1 fully saturated rings. The molecule has 7 nitrogen and oxygen atoms in total. The molecule has 0 aliphatic heterocycles. The molecule has 1 aliphatic rings. The molecule has 7 heteroatoms. The molecule has 0 aromatic carbocycles. The fraction of sp³-hybridized carbons (Fsp3) is 0.538. The van der Waals surface area contributed by atoms with Gasteiger partial charge in [-0.05, 0) is 12.3 Å². The van der Waals surface area contributed by atoms with E-state index in [-0.39, 0.29) is 30.6 Å². The van der Waals surface area contributed by atoms with E-state index in [2.05, 4.69) is 5.16 Å². The van der Waals surface area contributed by atoms with E-state index >= 15 is 0 Å². The molecule has 1 saturated carbocycles. The van der Waals surface area contributed by atoms with Crippen LogP contribution in [0.15, 0.2) is 5.16 Å². The Bertz CT molecular complexity index is 463. The van der Waals surface area contributed by atoms with Crippen molar-refractivity contribution in [1.82, 2.24) is 0 Å². The number of oxime groups is 1. The Labute approximate surface area is 115 Å². The molecule has 0 aromatic heterocycles. The highest BCUT2D eigenvalue weighted by Gasteiger charge is 2.51. The van der Waals surface area contributed by atoms with Crippen molar-refractivity contribution in [1.29, 1.82) is 0 Å². The van der Waals surface area contributed by atoms with Crippen molar-refractivity contribution in [3.8, 4) is 0 Å². The molecule has 1 N–H and O–H groups in total. The lowest BCUT2D eigenvalue weighted by Crippen LogP contribution is -2.52. The number of hydrogen-bond acceptors (Lipinski definition) is 7. The van der Waals surface area contributed by atoms with E-state index in [9.17, 15) is 24.0 Å². The smallest absolute Gasteiger partial charge is 0.168 e. The summed E-state index contributed by atoms with van der Waals surface area (Å²) in [5, 5.41) is 11.9. The van der Waals surface area contributed by atoms with Crippen molar-refractivity contribution in [3.05, 3.63) is 0 Å². The van der Waals surface area contributed by atoms with E-state index in [1.54, 1.807) is 13.8 Å². The number of aldehydes is 2. The van der Waals surface area contributed by atoms with Gasteiger partial charge in [0.1, 0.15) is 30.3 Å². The number of ketones is 3. The molecule has 0 amide bonds. The second-order valence-corrected chi connectivity index (χ2v) is 5.06. The summed E-state index contributed by atoms with van der Waals surface area (Å²) in [6.45, 7) is 3.56. The zero-order chi connectivity index (χ0) is 15.4. The van der Waals surface area contributed by atoms with Gasteiger partial charge in [-0.3, -0.25) is 14.4 Å².